The van der Waals surface area contributed by atoms with Gasteiger partial charge in [0.15, 0.2) is 4.34 Å². The molecule has 3 rings (SSSR count). The van der Waals surface area contributed by atoms with Gasteiger partial charge < -0.3 is 4.74 Å². The van der Waals surface area contributed by atoms with Crippen molar-refractivity contribution in [2.75, 3.05) is 12.4 Å². The minimum Gasteiger partial charge on any atom is -0.493 e. The minimum atomic E-state index is 0.678. The average Bonchev–Trinajstić information content (AvgIpc) is 2.86. The highest BCUT2D eigenvalue weighted by Gasteiger charge is 2.03. The van der Waals surface area contributed by atoms with Crippen LogP contribution in [0.1, 0.15) is 0 Å². The Hall–Kier alpha value is -1.04. The van der Waals surface area contributed by atoms with Crippen molar-refractivity contribution >= 4 is 49.2 Å². The summed E-state index contributed by atoms with van der Waals surface area (Å²) in [5.74, 6) is 1.79. The first-order valence-electron chi connectivity index (χ1n) is 6.18. The molecular weight excluding hydrogens is 354 g/mol. The number of para-hydroxylation sites is 1. The molecule has 2 aromatic carbocycles. The lowest BCUT2D eigenvalue weighted by molar-refractivity contribution is 0.344. The molecule has 0 saturated heterocycles. The molecule has 0 atom stereocenters. The second kappa shape index (κ2) is 6.61. The Morgan fingerprint density at radius 1 is 1.15 bits per heavy atom. The van der Waals surface area contributed by atoms with E-state index in [1.165, 1.54) is 4.70 Å². The van der Waals surface area contributed by atoms with Crippen LogP contribution in [-0.4, -0.2) is 17.3 Å². The van der Waals surface area contributed by atoms with Gasteiger partial charge in [0.1, 0.15) is 5.75 Å². The lowest BCUT2D eigenvalue weighted by Crippen LogP contribution is -1.99. The molecule has 0 aliphatic carbocycles. The van der Waals surface area contributed by atoms with E-state index >= 15 is 0 Å². The number of nitrogens with zero attached hydrogens (tertiary/aromatic N) is 1. The van der Waals surface area contributed by atoms with Crippen LogP contribution in [0.5, 0.6) is 5.75 Å². The van der Waals surface area contributed by atoms with Crippen LogP contribution >= 0.6 is 39.0 Å². The zero-order valence-corrected chi connectivity index (χ0v) is 13.8. The highest BCUT2D eigenvalue weighted by atomic mass is 79.9. The number of hydrogen-bond acceptors (Lipinski definition) is 4. The normalized spacial score (nSPS) is 10.8. The molecule has 0 aliphatic rings. The van der Waals surface area contributed by atoms with E-state index in [0.29, 0.717) is 6.61 Å². The topological polar surface area (TPSA) is 22.1 Å². The highest BCUT2D eigenvalue weighted by Crippen LogP contribution is 2.29. The fourth-order valence-corrected chi connectivity index (χ4v) is 4.09. The SMILES string of the molecule is Brc1cccc(OCCSc2nc3ccccc3s2)c1. The van der Waals surface area contributed by atoms with E-state index in [1.807, 2.05) is 42.5 Å². The van der Waals surface area contributed by atoms with E-state index < -0.39 is 0 Å². The number of fused-ring (bicyclic) bond motifs is 1. The van der Waals surface area contributed by atoms with E-state index in [2.05, 4.69) is 27.0 Å². The van der Waals surface area contributed by atoms with Crippen molar-refractivity contribution in [2.45, 2.75) is 4.34 Å². The predicted octanol–water partition coefficient (Wildman–Crippen LogP) is 5.23. The predicted molar refractivity (Wildman–Crippen MR) is 90.0 cm³/mol. The molecule has 20 heavy (non-hydrogen) atoms. The van der Waals surface area contributed by atoms with Gasteiger partial charge in [0, 0.05) is 10.2 Å². The van der Waals surface area contributed by atoms with Gasteiger partial charge in [-0.25, -0.2) is 4.98 Å². The van der Waals surface area contributed by atoms with Crippen molar-refractivity contribution in [3.8, 4) is 5.75 Å². The van der Waals surface area contributed by atoms with E-state index in [-0.39, 0.29) is 0 Å². The van der Waals surface area contributed by atoms with Crippen LogP contribution in [0.4, 0.5) is 0 Å². The monoisotopic (exact) mass is 365 g/mol. The number of aromatic nitrogens is 1. The van der Waals surface area contributed by atoms with Crippen molar-refractivity contribution in [2.24, 2.45) is 0 Å². The maximum Gasteiger partial charge on any atom is 0.151 e. The zero-order valence-electron chi connectivity index (χ0n) is 10.6. The number of thiazole rings is 1. The van der Waals surface area contributed by atoms with Gasteiger partial charge in [-0.3, -0.25) is 0 Å². The molecule has 5 heteroatoms. The number of benzene rings is 2. The fraction of sp³-hybridized carbons (Fsp3) is 0.133. The van der Waals surface area contributed by atoms with Crippen molar-refractivity contribution in [3.05, 3.63) is 53.0 Å². The van der Waals surface area contributed by atoms with Gasteiger partial charge in [-0.1, -0.05) is 45.9 Å². The summed E-state index contributed by atoms with van der Waals surface area (Å²) in [5.41, 5.74) is 1.08. The quantitative estimate of drug-likeness (QED) is 0.456. The third kappa shape index (κ3) is 3.53. The van der Waals surface area contributed by atoms with E-state index in [9.17, 15) is 0 Å². The summed E-state index contributed by atoms with van der Waals surface area (Å²) >= 11 is 6.91. The van der Waals surface area contributed by atoms with Crippen LogP contribution in [0.2, 0.25) is 0 Å². The molecule has 0 radical (unpaired) electrons. The Kier molecular flexibility index (Phi) is 4.60. The maximum atomic E-state index is 5.71. The Labute approximate surface area is 134 Å². The van der Waals surface area contributed by atoms with Crippen LogP contribution in [-0.2, 0) is 0 Å². The van der Waals surface area contributed by atoms with Gasteiger partial charge in [0.05, 0.1) is 16.8 Å². The Morgan fingerprint density at radius 2 is 2.05 bits per heavy atom. The van der Waals surface area contributed by atoms with Gasteiger partial charge in [-0.05, 0) is 30.3 Å². The standard InChI is InChI=1S/C15H12BrNOS2/c16-11-4-3-5-12(10-11)18-8-9-19-15-17-13-6-1-2-7-14(13)20-15/h1-7,10H,8-9H2. The molecule has 0 aliphatic heterocycles. The van der Waals surface area contributed by atoms with Crippen LogP contribution in [0.25, 0.3) is 10.2 Å². The van der Waals surface area contributed by atoms with Crippen molar-refractivity contribution in [1.82, 2.24) is 4.98 Å². The molecule has 1 aromatic heterocycles. The minimum absolute atomic E-state index is 0.678. The fourth-order valence-electron chi connectivity index (χ4n) is 1.76. The molecule has 0 N–H and O–H groups in total. The lowest BCUT2D eigenvalue weighted by Gasteiger charge is -2.05. The van der Waals surface area contributed by atoms with Crippen LogP contribution in [0.15, 0.2) is 57.3 Å². The van der Waals surface area contributed by atoms with Gasteiger partial charge in [0.25, 0.3) is 0 Å². The summed E-state index contributed by atoms with van der Waals surface area (Å²) in [4.78, 5) is 4.59. The molecule has 0 saturated carbocycles. The molecule has 2 nitrogen and oxygen atoms in total. The molecule has 0 bridgehead atoms. The third-order valence-electron chi connectivity index (χ3n) is 2.65. The highest BCUT2D eigenvalue weighted by molar-refractivity contribution is 9.10. The smallest absolute Gasteiger partial charge is 0.151 e. The largest absolute Gasteiger partial charge is 0.493 e. The average molecular weight is 366 g/mol. The van der Waals surface area contributed by atoms with Crippen molar-refractivity contribution in [1.29, 1.82) is 0 Å². The number of rotatable bonds is 5. The second-order valence-corrected chi connectivity index (χ2v) is 7.39. The zero-order chi connectivity index (χ0) is 13.8. The van der Waals surface area contributed by atoms with E-state index in [4.69, 9.17) is 4.74 Å². The molecular formula is C15H12BrNOS2. The molecule has 3 aromatic rings. The Bertz CT molecular complexity index is 681. The maximum absolute atomic E-state index is 5.71. The first-order chi connectivity index (χ1) is 9.81. The second-order valence-electron chi connectivity index (χ2n) is 4.10. The first kappa shape index (κ1) is 13.9. The van der Waals surface area contributed by atoms with Gasteiger partial charge in [-0.15, -0.1) is 11.3 Å². The summed E-state index contributed by atoms with van der Waals surface area (Å²) in [7, 11) is 0. The number of thioether (sulfide) groups is 1. The molecule has 102 valence electrons. The number of hydrogen-bond donors (Lipinski definition) is 0. The molecule has 0 spiro atoms. The number of halogens is 1. The van der Waals surface area contributed by atoms with Crippen LogP contribution in [0.3, 0.4) is 0 Å². The lowest BCUT2D eigenvalue weighted by atomic mass is 10.3. The first-order valence-corrected chi connectivity index (χ1v) is 8.77. The summed E-state index contributed by atoms with van der Waals surface area (Å²) < 4.78 is 9.08. The summed E-state index contributed by atoms with van der Waals surface area (Å²) in [5, 5.41) is 0. The van der Waals surface area contributed by atoms with E-state index in [0.717, 1.165) is 25.8 Å². The third-order valence-corrected chi connectivity index (χ3v) is 5.28. The van der Waals surface area contributed by atoms with Gasteiger partial charge >= 0.3 is 0 Å². The van der Waals surface area contributed by atoms with Gasteiger partial charge in [0.2, 0.25) is 0 Å². The molecule has 1 heterocycles. The van der Waals surface area contributed by atoms with Crippen molar-refractivity contribution in [3.63, 3.8) is 0 Å². The van der Waals surface area contributed by atoms with Crippen molar-refractivity contribution < 1.29 is 4.74 Å². The van der Waals surface area contributed by atoms with E-state index in [1.54, 1.807) is 23.1 Å². The molecule has 0 unspecified atom stereocenters. The van der Waals surface area contributed by atoms with Crippen LogP contribution < -0.4 is 4.74 Å². The molecule has 0 fully saturated rings. The van der Waals surface area contributed by atoms with Crippen LogP contribution in [0, 0.1) is 0 Å². The Morgan fingerprint density at radius 3 is 2.90 bits per heavy atom. The van der Waals surface area contributed by atoms with Gasteiger partial charge in [-0.2, -0.15) is 0 Å². The summed E-state index contributed by atoms with van der Waals surface area (Å²) in [6, 6.07) is 16.1. The summed E-state index contributed by atoms with van der Waals surface area (Å²) in [6.45, 7) is 0.678. The molecule has 0 amide bonds. The number of ether oxygens (including phenoxy) is 1. The Balaban J connectivity index is 1.52. The summed E-state index contributed by atoms with van der Waals surface area (Å²) in [6.07, 6.45) is 0.